The fraction of sp³-hybridized carbons (Fsp3) is 0.296. The summed E-state index contributed by atoms with van der Waals surface area (Å²) in [6.45, 7) is 4.09. The van der Waals surface area contributed by atoms with Crippen LogP contribution in [-0.4, -0.2) is 39.8 Å². The summed E-state index contributed by atoms with van der Waals surface area (Å²) in [7, 11) is 0.926. The molecule has 0 heterocycles. The van der Waals surface area contributed by atoms with Crippen molar-refractivity contribution in [3.05, 3.63) is 94.5 Å². The van der Waals surface area contributed by atoms with E-state index in [1.807, 2.05) is 50.2 Å². The van der Waals surface area contributed by atoms with E-state index in [1.165, 1.54) is 37.1 Å². The van der Waals surface area contributed by atoms with Gasteiger partial charge < -0.3 is 10.1 Å². The quantitative estimate of drug-likeness (QED) is 0.493. The topological polar surface area (TPSA) is 75.7 Å². The van der Waals surface area contributed by atoms with Crippen LogP contribution >= 0.6 is 0 Å². The Labute approximate surface area is 202 Å². The average molecular weight is 481 g/mol. The second kappa shape index (κ2) is 10.8. The van der Waals surface area contributed by atoms with Crippen LogP contribution in [-0.2, 0) is 21.2 Å². The van der Waals surface area contributed by atoms with Crippen molar-refractivity contribution < 1.29 is 17.9 Å². The Morgan fingerprint density at radius 3 is 2.32 bits per heavy atom. The third kappa shape index (κ3) is 5.85. The van der Waals surface area contributed by atoms with E-state index in [-0.39, 0.29) is 23.3 Å². The predicted octanol–water partition coefficient (Wildman–Crippen LogP) is 4.40. The Bertz CT molecular complexity index is 1250. The minimum Gasteiger partial charge on any atom is -0.496 e. The van der Waals surface area contributed by atoms with Gasteiger partial charge in [-0.1, -0.05) is 54.1 Å². The van der Waals surface area contributed by atoms with Crippen LogP contribution < -0.4 is 10.1 Å². The molecule has 0 aliphatic rings. The number of aryl methyl sites for hydroxylation is 3. The lowest BCUT2D eigenvalue weighted by Gasteiger charge is -2.22. The first-order valence-electron chi connectivity index (χ1n) is 11.1. The minimum absolute atomic E-state index is 0.128. The number of rotatable bonds is 9. The second-order valence-electron chi connectivity index (χ2n) is 8.53. The second-order valence-corrected chi connectivity index (χ2v) is 10.7. The highest BCUT2D eigenvalue weighted by Crippen LogP contribution is 2.27. The summed E-state index contributed by atoms with van der Waals surface area (Å²) in [5, 5.41) is 3.17. The minimum atomic E-state index is -3.59. The van der Waals surface area contributed by atoms with Crippen LogP contribution in [0.3, 0.4) is 0 Å². The molecule has 1 amide bonds. The van der Waals surface area contributed by atoms with Gasteiger partial charge in [0.25, 0.3) is 0 Å². The molecule has 6 nitrogen and oxygen atoms in total. The SMILES string of the molecule is COc1ccc(S(=O)(=O)N(C)C)cc1CCC(=O)N[C@H](c1ccccc1)c1ccc(C)cc1C. The maximum Gasteiger partial charge on any atom is 0.242 e. The van der Waals surface area contributed by atoms with Crippen molar-refractivity contribution in [2.24, 2.45) is 0 Å². The molecule has 34 heavy (non-hydrogen) atoms. The molecule has 7 heteroatoms. The number of nitrogens with zero attached hydrogens (tertiary/aromatic N) is 1. The summed E-state index contributed by atoms with van der Waals surface area (Å²) in [5.74, 6) is 0.427. The first-order chi connectivity index (χ1) is 16.1. The Hall–Kier alpha value is -3.16. The van der Waals surface area contributed by atoms with Gasteiger partial charge in [-0.2, -0.15) is 0 Å². The predicted molar refractivity (Wildman–Crippen MR) is 135 cm³/mol. The number of sulfonamides is 1. The molecule has 0 aromatic heterocycles. The monoisotopic (exact) mass is 480 g/mol. The Balaban J connectivity index is 1.83. The van der Waals surface area contributed by atoms with Gasteiger partial charge in [-0.05, 0) is 60.7 Å². The van der Waals surface area contributed by atoms with Gasteiger partial charge in [0.05, 0.1) is 18.0 Å². The zero-order valence-electron chi connectivity index (χ0n) is 20.3. The Morgan fingerprint density at radius 2 is 1.71 bits per heavy atom. The molecule has 0 saturated carbocycles. The molecule has 0 aliphatic heterocycles. The van der Waals surface area contributed by atoms with E-state index >= 15 is 0 Å². The van der Waals surface area contributed by atoms with Gasteiger partial charge in [-0.15, -0.1) is 0 Å². The Morgan fingerprint density at radius 1 is 1.00 bits per heavy atom. The fourth-order valence-electron chi connectivity index (χ4n) is 3.94. The van der Waals surface area contributed by atoms with Crippen LogP contribution in [0.5, 0.6) is 5.75 Å². The van der Waals surface area contributed by atoms with E-state index in [9.17, 15) is 13.2 Å². The molecule has 1 N–H and O–H groups in total. The molecular formula is C27H32N2O4S. The average Bonchev–Trinajstić information content (AvgIpc) is 2.81. The number of hydrogen-bond acceptors (Lipinski definition) is 4. The van der Waals surface area contributed by atoms with Crippen molar-refractivity contribution in [2.75, 3.05) is 21.2 Å². The molecule has 0 radical (unpaired) electrons. The highest BCUT2D eigenvalue weighted by atomic mass is 32.2. The molecule has 0 spiro atoms. The van der Waals surface area contributed by atoms with E-state index in [0.29, 0.717) is 17.7 Å². The normalized spacial score (nSPS) is 12.4. The zero-order valence-corrected chi connectivity index (χ0v) is 21.1. The molecule has 3 aromatic rings. The van der Waals surface area contributed by atoms with Crippen LogP contribution in [0.15, 0.2) is 71.6 Å². The summed E-state index contributed by atoms with van der Waals surface area (Å²) in [5.41, 5.74) is 4.99. The van der Waals surface area contributed by atoms with Crippen molar-refractivity contribution in [1.29, 1.82) is 0 Å². The lowest BCUT2D eigenvalue weighted by atomic mass is 9.93. The number of carbonyl (C=O) groups excluding carboxylic acids is 1. The number of amides is 1. The summed E-state index contributed by atoms with van der Waals surface area (Å²) >= 11 is 0. The molecule has 0 aliphatic carbocycles. The highest BCUT2D eigenvalue weighted by molar-refractivity contribution is 7.89. The number of benzene rings is 3. The molecule has 0 unspecified atom stereocenters. The van der Waals surface area contributed by atoms with Crippen molar-refractivity contribution >= 4 is 15.9 Å². The Kier molecular flexibility index (Phi) is 8.12. The number of carbonyl (C=O) groups is 1. The van der Waals surface area contributed by atoms with Gasteiger partial charge >= 0.3 is 0 Å². The fourth-order valence-corrected chi connectivity index (χ4v) is 4.89. The lowest BCUT2D eigenvalue weighted by molar-refractivity contribution is -0.121. The van der Waals surface area contributed by atoms with Crippen molar-refractivity contribution in [3.8, 4) is 5.75 Å². The third-order valence-corrected chi connectivity index (χ3v) is 7.64. The first-order valence-corrected chi connectivity index (χ1v) is 12.6. The largest absolute Gasteiger partial charge is 0.496 e. The molecule has 0 fully saturated rings. The molecule has 3 aromatic carbocycles. The summed E-state index contributed by atoms with van der Waals surface area (Å²) in [6, 6.07) is 20.5. The molecule has 0 saturated heterocycles. The standard InChI is InChI=1S/C27H32N2O4S/c1-19-11-14-24(20(2)17-19)27(21-9-7-6-8-10-21)28-26(30)16-12-22-18-23(13-15-25(22)33-5)34(31,32)29(3)4/h6-11,13-15,17-18,27H,12,16H2,1-5H3,(H,28,30)/t27-/m1/s1. The van der Waals surface area contributed by atoms with Gasteiger partial charge in [0, 0.05) is 20.5 Å². The van der Waals surface area contributed by atoms with Gasteiger partial charge in [0.15, 0.2) is 0 Å². The molecule has 3 rings (SSSR count). The van der Waals surface area contributed by atoms with E-state index in [0.717, 1.165) is 16.7 Å². The number of methoxy groups -OCH3 is 1. The van der Waals surface area contributed by atoms with Crippen molar-refractivity contribution in [3.63, 3.8) is 0 Å². The number of ether oxygens (including phenoxy) is 1. The highest BCUT2D eigenvalue weighted by Gasteiger charge is 2.21. The molecule has 0 bridgehead atoms. The van der Waals surface area contributed by atoms with Crippen LogP contribution in [0.4, 0.5) is 0 Å². The van der Waals surface area contributed by atoms with E-state index in [2.05, 4.69) is 17.4 Å². The van der Waals surface area contributed by atoms with Gasteiger partial charge in [-0.3, -0.25) is 4.79 Å². The van der Waals surface area contributed by atoms with E-state index < -0.39 is 10.0 Å². The smallest absolute Gasteiger partial charge is 0.242 e. The molecule has 180 valence electrons. The van der Waals surface area contributed by atoms with Gasteiger partial charge in [0.2, 0.25) is 15.9 Å². The van der Waals surface area contributed by atoms with Crippen LogP contribution in [0.25, 0.3) is 0 Å². The van der Waals surface area contributed by atoms with E-state index in [4.69, 9.17) is 4.74 Å². The van der Waals surface area contributed by atoms with Crippen molar-refractivity contribution in [1.82, 2.24) is 9.62 Å². The van der Waals surface area contributed by atoms with Crippen LogP contribution in [0.1, 0.15) is 40.3 Å². The lowest BCUT2D eigenvalue weighted by Crippen LogP contribution is -2.30. The number of nitrogens with one attached hydrogen (secondary N) is 1. The number of hydrogen-bond donors (Lipinski definition) is 1. The van der Waals surface area contributed by atoms with E-state index in [1.54, 1.807) is 12.1 Å². The summed E-state index contributed by atoms with van der Waals surface area (Å²) in [4.78, 5) is 13.2. The van der Waals surface area contributed by atoms with Gasteiger partial charge in [-0.25, -0.2) is 12.7 Å². The van der Waals surface area contributed by atoms with Crippen LogP contribution in [0.2, 0.25) is 0 Å². The maximum atomic E-state index is 13.1. The maximum absolute atomic E-state index is 13.1. The summed E-state index contributed by atoms with van der Waals surface area (Å²) < 4.78 is 31.7. The third-order valence-electron chi connectivity index (χ3n) is 5.83. The molecule has 1 atom stereocenters. The van der Waals surface area contributed by atoms with Crippen LogP contribution in [0, 0.1) is 13.8 Å². The molecular weight excluding hydrogens is 448 g/mol. The summed E-state index contributed by atoms with van der Waals surface area (Å²) in [6.07, 6.45) is 0.538. The van der Waals surface area contributed by atoms with Crippen molar-refractivity contribution in [2.45, 2.75) is 37.6 Å². The van der Waals surface area contributed by atoms with Gasteiger partial charge in [0.1, 0.15) is 5.75 Å². The first kappa shape index (κ1) is 25.5. The zero-order chi connectivity index (χ0) is 24.9.